The highest BCUT2D eigenvalue weighted by molar-refractivity contribution is 8.14. The minimum Gasteiger partial charge on any atom is -0.283 e. The van der Waals surface area contributed by atoms with Crippen LogP contribution in [0, 0.1) is 0 Å². The lowest BCUT2D eigenvalue weighted by molar-refractivity contribution is 0.516. The molecule has 0 fully saturated rings. The van der Waals surface area contributed by atoms with Gasteiger partial charge in [0.15, 0.2) is 0 Å². The Hall–Kier alpha value is 0.610. The minimum atomic E-state index is -1.51. The van der Waals surface area contributed by atoms with E-state index in [1.165, 1.54) is 0 Å². The molecule has 1 N–H and O–H groups in total. The molecule has 14 heavy (non-hydrogen) atoms. The molecule has 0 spiro atoms. The molecule has 0 bridgehead atoms. The lowest BCUT2D eigenvalue weighted by Gasteiger charge is -2.43. The fraction of sp³-hybridized carbons (Fsp3) is 1.00. The van der Waals surface area contributed by atoms with Crippen LogP contribution in [0.2, 0.25) is 0 Å². The summed E-state index contributed by atoms with van der Waals surface area (Å²) in [6.07, 6.45) is -1.51. The molecule has 0 aliphatic heterocycles. The molecule has 0 aromatic heterocycles. The summed E-state index contributed by atoms with van der Waals surface area (Å²) in [5, 5.41) is 3.90. The molecule has 1 atom stereocenters. The Morgan fingerprint density at radius 2 is 1.36 bits per heavy atom. The van der Waals surface area contributed by atoms with Crippen molar-refractivity contribution in [2.24, 2.45) is 0 Å². The van der Waals surface area contributed by atoms with Gasteiger partial charge in [0.05, 0.1) is 0 Å². The summed E-state index contributed by atoms with van der Waals surface area (Å²) in [4.78, 5) is 0. The molecule has 0 heterocycles. The monoisotopic (exact) mass is 235 g/mol. The first-order valence-electron chi connectivity index (χ1n) is 5.29. The lowest BCUT2D eigenvalue weighted by atomic mass is 10.1. The SMILES string of the molecule is CC(C)[P@](=S)(NC(C)(C)C)C(C)(C)C. The van der Waals surface area contributed by atoms with Crippen LogP contribution in [-0.4, -0.2) is 16.4 Å². The van der Waals surface area contributed by atoms with E-state index in [-0.39, 0.29) is 10.7 Å². The smallest absolute Gasteiger partial charge is 0.0204 e. The van der Waals surface area contributed by atoms with Crippen molar-refractivity contribution < 1.29 is 0 Å². The van der Waals surface area contributed by atoms with E-state index >= 15 is 0 Å². The van der Waals surface area contributed by atoms with Crippen LogP contribution >= 0.6 is 6.19 Å². The quantitative estimate of drug-likeness (QED) is 0.727. The minimum absolute atomic E-state index is 0.118. The van der Waals surface area contributed by atoms with Crippen molar-refractivity contribution in [3.63, 3.8) is 0 Å². The third kappa shape index (κ3) is 3.64. The van der Waals surface area contributed by atoms with Crippen molar-refractivity contribution in [2.75, 3.05) is 0 Å². The molecule has 1 nitrogen and oxygen atoms in total. The van der Waals surface area contributed by atoms with E-state index < -0.39 is 6.19 Å². The molecule has 3 heteroatoms. The fourth-order valence-electron chi connectivity index (χ4n) is 1.57. The van der Waals surface area contributed by atoms with E-state index in [0.29, 0.717) is 5.66 Å². The predicted molar refractivity (Wildman–Crippen MR) is 72.1 cm³/mol. The van der Waals surface area contributed by atoms with E-state index in [1.54, 1.807) is 0 Å². The molecular weight excluding hydrogens is 209 g/mol. The van der Waals surface area contributed by atoms with Crippen molar-refractivity contribution >= 4 is 18.0 Å². The highest BCUT2D eigenvalue weighted by atomic mass is 32.4. The van der Waals surface area contributed by atoms with Gasteiger partial charge >= 0.3 is 0 Å². The van der Waals surface area contributed by atoms with Gasteiger partial charge in [-0.15, -0.1) is 0 Å². The van der Waals surface area contributed by atoms with Crippen LogP contribution in [0.25, 0.3) is 0 Å². The van der Waals surface area contributed by atoms with E-state index in [9.17, 15) is 0 Å². The van der Waals surface area contributed by atoms with Crippen LogP contribution in [0.15, 0.2) is 0 Å². The Bertz CT molecular complexity index is 233. The van der Waals surface area contributed by atoms with E-state index in [1.807, 2.05) is 0 Å². The molecule has 0 aliphatic rings. The highest BCUT2D eigenvalue weighted by Gasteiger charge is 2.36. The maximum absolute atomic E-state index is 5.91. The summed E-state index contributed by atoms with van der Waals surface area (Å²) >= 11 is 5.91. The largest absolute Gasteiger partial charge is 0.283 e. The molecule has 0 radical (unpaired) electrons. The lowest BCUT2D eigenvalue weighted by Crippen LogP contribution is -2.41. The predicted octanol–water partition coefficient (Wildman–Crippen LogP) is 3.98. The van der Waals surface area contributed by atoms with Gasteiger partial charge < -0.3 is 0 Å². The summed E-state index contributed by atoms with van der Waals surface area (Å²) in [6, 6.07) is 0. The maximum Gasteiger partial charge on any atom is 0.0204 e. The Balaban J connectivity index is 5.06. The molecular formula is C11H26NPS. The van der Waals surface area contributed by atoms with Crippen LogP contribution < -0.4 is 5.09 Å². The van der Waals surface area contributed by atoms with Crippen LogP contribution in [0.1, 0.15) is 55.4 Å². The Kier molecular flexibility index (Phi) is 4.42. The summed E-state index contributed by atoms with van der Waals surface area (Å²) < 4.78 is 0. The third-order valence-electron chi connectivity index (χ3n) is 2.23. The van der Waals surface area contributed by atoms with Gasteiger partial charge in [0.25, 0.3) is 0 Å². The molecule has 0 rings (SSSR count). The normalized spacial score (nSPS) is 18.4. The molecule has 0 aliphatic carbocycles. The van der Waals surface area contributed by atoms with Gasteiger partial charge in [0.1, 0.15) is 0 Å². The zero-order chi connectivity index (χ0) is 11.8. The topological polar surface area (TPSA) is 12.0 Å². The van der Waals surface area contributed by atoms with Crippen molar-refractivity contribution in [3.8, 4) is 0 Å². The second-order valence-corrected chi connectivity index (χ2v) is 11.9. The van der Waals surface area contributed by atoms with Gasteiger partial charge in [0.2, 0.25) is 0 Å². The summed E-state index contributed by atoms with van der Waals surface area (Å²) in [7, 11) is 0. The maximum atomic E-state index is 5.91. The number of nitrogens with one attached hydrogen (secondary N) is 1. The van der Waals surface area contributed by atoms with Crippen LogP contribution in [0.3, 0.4) is 0 Å². The van der Waals surface area contributed by atoms with Gasteiger partial charge in [0, 0.05) is 16.9 Å². The molecule has 0 saturated heterocycles. The number of hydrogen-bond donors (Lipinski definition) is 1. The van der Waals surface area contributed by atoms with Crippen molar-refractivity contribution in [1.29, 1.82) is 0 Å². The standard InChI is InChI=1S/C11H26NPS/c1-9(2)13(14,11(6,7)8)12-10(3,4)5/h9H,1-8H3,(H,12,14)/t13-/m1/s1. The van der Waals surface area contributed by atoms with Crippen molar-refractivity contribution in [3.05, 3.63) is 0 Å². The van der Waals surface area contributed by atoms with E-state index in [4.69, 9.17) is 11.8 Å². The van der Waals surface area contributed by atoms with Gasteiger partial charge in [-0.3, -0.25) is 5.09 Å². The molecule has 0 saturated carbocycles. The van der Waals surface area contributed by atoms with Gasteiger partial charge in [-0.2, -0.15) is 0 Å². The highest BCUT2D eigenvalue weighted by Crippen LogP contribution is 2.59. The number of hydrogen-bond acceptors (Lipinski definition) is 1. The van der Waals surface area contributed by atoms with E-state index in [2.05, 4.69) is 60.5 Å². The Labute approximate surface area is 95.1 Å². The molecule has 86 valence electrons. The zero-order valence-electron chi connectivity index (χ0n) is 10.9. The van der Waals surface area contributed by atoms with Crippen LogP contribution in [0.4, 0.5) is 0 Å². The zero-order valence-corrected chi connectivity index (χ0v) is 12.6. The van der Waals surface area contributed by atoms with Gasteiger partial charge in [-0.05, 0) is 26.4 Å². The average Bonchev–Trinajstić information content (AvgIpc) is 1.79. The van der Waals surface area contributed by atoms with Crippen LogP contribution in [-0.2, 0) is 11.8 Å². The first-order chi connectivity index (χ1) is 5.90. The second kappa shape index (κ2) is 4.23. The molecule has 0 aromatic carbocycles. The first-order valence-corrected chi connectivity index (χ1v) is 8.16. The summed E-state index contributed by atoms with van der Waals surface area (Å²) in [6.45, 7) is 17.8. The first kappa shape index (κ1) is 14.6. The second-order valence-electron chi connectivity index (χ2n) is 6.28. The molecule has 0 unspecified atom stereocenters. The van der Waals surface area contributed by atoms with Crippen LogP contribution in [0.5, 0.6) is 0 Å². The van der Waals surface area contributed by atoms with Crippen molar-refractivity contribution in [1.82, 2.24) is 5.09 Å². The van der Waals surface area contributed by atoms with E-state index in [0.717, 1.165) is 0 Å². The van der Waals surface area contributed by atoms with Gasteiger partial charge in [-0.1, -0.05) is 46.4 Å². The third-order valence-corrected chi connectivity index (χ3v) is 9.86. The van der Waals surface area contributed by atoms with Crippen molar-refractivity contribution in [2.45, 2.75) is 71.7 Å². The summed E-state index contributed by atoms with van der Waals surface area (Å²) in [5.74, 6) is 0. The fourth-order valence-corrected chi connectivity index (χ4v) is 5.53. The number of rotatable bonds is 2. The Morgan fingerprint density at radius 1 is 1.00 bits per heavy atom. The summed E-state index contributed by atoms with van der Waals surface area (Å²) in [5.41, 5.74) is 0.671. The molecule has 0 aromatic rings. The molecule has 0 amide bonds. The van der Waals surface area contributed by atoms with Gasteiger partial charge in [-0.25, -0.2) is 0 Å². The average molecular weight is 235 g/mol. The Morgan fingerprint density at radius 3 is 1.43 bits per heavy atom.